The van der Waals surface area contributed by atoms with Crippen LogP contribution in [0.4, 0.5) is 0 Å². The van der Waals surface area contributed by atoms with E-state index in [0.29, 0.717) is 18.6 Å². The first-order valence-electron chi connectivity index (χ1n) is 8.83. The number of hydrogen-bond acceptors (Lipinski definition) is 4. The Hall–Kier alpha value is -1.40. The SMILES string of the molecule is COc1c(Br)cc(Br)cc1C1C2=C(CCCC2=O)NC2=C1C(=O)CCC2. The van der Waals surface area contributed by atoms with Gasteiger partial charge < -0.3 is 10.1 Å². The summed E-state index contributed by atoms with van der Waals surface area (Å²) in [6, 6.07) is 3.89. The number of ketones is 2. The van der Waals surface area contributed by atoms with E-state index in [1.54, 1.807) is 7.11 Å². The molecule has 4 rings (SSSR count). The Labute approximate surface area is 169 Å². The van der Waals surface area contributed by atoms with E-state index in [-0.39, 0.29) is 17.5 Å². The number of hydrogen-bond donors (Lipinski definition) is 1. The van der Waals surface area contributed by atoms with Gasteiger partial charge in [-0.25, -0.2) is 0 Å². The third kappa shape index (κ3) is 2.87. The summed E-state index contributed by atoms with van der Waals surface area (Å²) >= 11 is 7.10. The molecule has 3 aliphatic rings. The molecule has 1 heterocycles. The molecule has 2 aliphatic carbocycles. The van der Waals surface area contributed by atoms with Gasteiger partial charge in [-0.15, -0.1) is 0 Å². The number of allylic oxidation sites excluding steroid dienone is 4. The highest BCUT2D eigenvalue weighted by molar-refractivity contribution is 9.11. The van der Waals surface area contributed by atoms with Gasteiger partial charge in [0.15, 0.2) is 11.6 Å². The van der Waals surface area contributed by atoms with Gasteiger partial charge in [0.2, 0.25) is 0 Å². The summed E-state index contributed by atoms with van der Waals surface area (Å²) in [6.07, 6.45) is 4.47. The van der Waals surface area contributed by atoms with Crippen LogP contribution >= 0.6 is 31.9 Å². The first kappa shape index (κ1) is 18.0. The monoisotopic (exact) mass is 479 g/mol. The van der Waals surface area contributed by atoms with Crippen molar-refractivity contribution < 1.29 is 14.3 Å². The number of benzene rings is 1. The average molecular weight is 481 g/mol. The van der Waals surface area contributed by atoms with Gasteiger partial charge in [-0.3, -0.25) is 9.59 Å². The molecule has 1 aromatic carbocycles. The Balaban J connectivity index is 1.99. The largest absolute Gasteiger partial charge is 0.495 e. The molecule has 0 radical (unpaired) electrons. The number of halogens is 2. The van der Waals surface area contributed by atoms with Crippen molar-refractivity contribution in [2.24, 2.45) is 0 Å². The van der Waals surface area contributed by atoms with Gasteiger partial charge in [0.1, 0.15) is 5.75 Å². The van der Waals surface area contributed by atoms with E-state index in [0.717, 1.165) is 62.7 Å². The molecule has 1 aliphatic heterocycles. The fraction of sp³-hybridized carbons (Fsp3) is 0.400. The minimum Gasteiger partial charge on any atom is -0.495 e. The number of ether oxygens (including phenoxy) is 1. The molecule has 1 aromatic rings. The molecule has 6 heteroatoms. The lowest BCUT2D eigenvalue weighted by molar-refractivity contribution is -0.116. The normalized spacial score (nSPS) is 20.7. The second kappa shape index (κ2) is 6.97. The number of nitrogens with one attached hydrogen (secondary N) is 1. The summed E-state index contributed by atoms with van der Waals surface area (Å²) in [5.74, 6) is 0.583. The van der Waals surface area contributed by atoms with Gasteiger partial charge in [-0.2, -0.15) is 0 Å². The number of carbonyl (C=O) groups excluding carboxylic acids is 2. The van der Waals surface area contributed by atoms with Crippen LogP contribution in [0.5, 0.6) is 5.75 Å². The number of Topliss-reactive ketones (excluding diaryl/α,β-unsaturated/α-hetero) is 2. The Morgan fingerprint density at radius 1 is 0.962 bits per heavy atom. The first-order chi connectivity index (χ1) is 12.5. The summed E-state index contributed by atoms with van der Waals surface area (Å²) in [4.78, 5) is 25.7. The molecule has 0 saturated carbocycles. The molecule has 0 bridgehead atoms. The van der Waals surface area contributed by atoms with Crippen molar-refractivity contribution in [3.05, 3.63) is 49.2 Å². The number of rotatable bonds is 2. The third-order valence-electron chi connectivity index (χ3n) is 5.34. The molecule has 0 unspecified atom stereocenters. The van der Waals surface area contributed by atoms with Crippen LogP contribution in [0, 0.1) is 0 Å². The Morgan fingerprint density at radius 3 is 2.08 bits per heavy atom. The van der Waals surface area contributed by atoms with E-state index in [9.17, 15) is 9.59 Å². The van der Waals surface area contributed by atoms with E-state index >= 15 is 0 Å². The van der Waals surface area contributed by atoms with Gasteiger partial charge in [0.25, 0.3) is 0 Å². The molecular weight excluding hydrogens is 462 g/mol. The van der Waals surface area contributed by atoms with Gasteiger partial charge in [-0.05, 0) is 53.7 Å². The second-order valence-corrected chi connectivity index (χ2v) is 8.68. The van der Waals surface area contributed by atoms with Crippen LogP contribution in [-0.4, -0.2) is 18.7 Å². The van der Waals surface area contributed by atoms with Gasteiger partial charge in [0.05, 0.1) is 11.6 Å². The maximum atomic E-state index is 12.9. The maximum absolute atomic E-state index is 12.9. The first-order valence-corrected chi connectivity index (χ1v) is 10.4. The number of carbonyl (C=O) groups is 2. The van der Waals surface area contributed by atoms with Crippen molar-refractivity contribution in [2.45, 2.75) is 44.4 Å². The second-order valence-electron chi connectivity index (χ2n) is 6.91. The molecule has 0 amide bonds. The van der Waals surface area contributed by atoms with Crippen molar-refractivity contribution >= 4 is 43.4 Å². The molecule has 0 saturated heterocycles. The zero-order valence-electron chi connectivity index (χ0n) is 14.5. The van der Waals surface area contributed by atoms with Crippen LogP contribution in [0.2, 0.25) is 0 Å². The summed E-state index contributed by atoms with van der Waals surface area (Å²) in [7, 11) is 1.62. The van der Waals surface area contributed by atoms with Crippen LogP contribution in [0.15, 0.2) is 43.6 Å². The summed E-state index contributed by atoms with van der Waals surface area (Å²) in [6.45, 7) is 0. The zero-order valence-corrected chi connectivity index (χ0v) is 17.6. The average Bonchev–Trinajstić information content (AvgIpc) is 2.60. The molecule has 0 aromatic heterocycles. The summed E-state index contributed by atoms with van der Waals surface area (Å²) in [5.41, 5.74) is 4.32. The van der Waals surface area contributed by atoms with Crippen molar-refractivity contribution in [3.8, 4) is 5.75 Å². The lowest BCUT2D eigenvalue weighted by atomic mass is 9.71. The predicted molar refractivity (Wildman–Crippen MR) is 106 cm³/mol. The minimum absolute atomic E-state index is 0.131. The summed E-state index contributed by atoms with van der Waals surface area (Å²) in [5, 5.41) is 3.44. The Morgan fingerprint density at radius 2 is 1.54 bits per heavy atom. The predicted octanol–water partition coefficient (Wildman–Crippen LogP) is 4.92. The van der Waals surface area contributed by atoms with Crippen LogP contribution in [0.1, 0.15) is 50.0 Å². The highest BCUT2D eigenvalue weighted by atomic mass is 79.9. The zero-order chi connectivity index (χ0) is 18.4. The third-order valence-corrected chi connectivity index (χ3v) is 6.39. The molecule has 4 nitrogen and oxygen atoms in total. The lowest BCUT2D eigenvalue weighted by Crippen LogP contribution is -2.36. The molecule has 136 valence electrons. The van der Waals surface area contributed by atoms with E-state index in [2.05, 4.69) is 37.2 Å². The van der Waals surface area contributed by atoms with Gasteiger partial charge >= 0.3 is 0 Å². The van der Waals surface area contributed by atoms with E-state index < -0.39 is 0 Å². The Bertz CT molecular complexity index is 843. The van der Waals surface area contributed by atoms with Gasteiger partial charge in [-0.1, -0.05) is 15.9 Å². The van der Waals surface area contributed by atoms with Crippen molar-refractivity contribution in [2.75, 3.05) is 7.11 Å². The van der Waals surface area contributed by atoms with E-state index in [4.69, 9.17) is 4.74 Å². The van der Waals surface area contributed by atoms with Crippen LogP contribution in [-0.2, 0) is 9.59 Å². The molecule has 26 heavy (non-hydrogen) atoms. The topological polar surface area (TPSA) is 55.4 Å². The van der Waals surface area contributed by atoms with Gasteiger partial charge in [0, 0.05) is 51.3 Å². The molecule has 0 atom stereocenters. The highest BCUT2D eigenvalue weighted by Gasteiger charge is 2.41. The molecular formula is C20H19Br2NO3. The van der Waals surface area contributed by atoms with Crippen molar-refractivity contribution in [1.82, 2.24) is 5.32 Å². The van der Waals surface area contributed by atoms with E-state index in [1.165, 1.54) is 0 Å². The Kier molecular flexibility index (Phi) is 4.82. The molecule has 0 fully saturated rings. The smallest absolute Gasteiger partial charge is 0.161 e. The molecule has 1 N–H and O–H groups in total. The number of methoxy groups -OCH3 is 1. The highest BCUT2D eigenvalue weighted by Crippen LogP contribution is 2.49. The fourth-order valence-corrected chi connectivity index (χ4v) is 5.72. The number of dihydropyridines is 1. The van der Waals surface area contributed by atoms with Crippen LogP contribution in [0.3, 0.4) is 0 Å². The minimum atomic E-state index is -0.356. The van der Waals surface area contributed by atoms with Crippen molar-refractivity contribution in [3.63, 3.8) is 0 Å². The van der Waals surface area contributed by atoms with Crippen LogP contribution < -0.4 is 10.1 Å². The quantitative estimate of drug-likeness (QED) is 0.652. The maximum Gasteiger partial charge on any atom is 0.161 e. The summed E-state index contributed by atoms with van der Waals surface area (Å²) < 4.78 is 7.35. The molecule has 0 spiro atoms. The van der Waals surface area contributed by atoms with Crippen LogP contribution in [0.25, 0.3) is 0 Å². The lowest BCUT2D eigenvalue weighted by Gasteiger charge is -2.37. The standard InChI is InChI=1S/C20H19Br2NO3/c1-26-20-11(8-10(21)9-12(20)22)17-18-13(4-2-6-15(18)24)23-14-5-3-7-16(25)19(14)17/h8-9,17,23H,2-7H2,1H3. The van der Waals surface area contributed by atoms with Crippen molar-refractivity contribution in [1.29, 1.82) is 0 Å². The van der Waals surface area contributed by atoms with E-state index in [1.807, 2.05) is 12.1 Å². The fourth-order valence-electron chi connectivity index (χ4n) is 4.30.